The zero-order valence-electron chi connectivity index (χ0n) is 20.5. The first kappa shape index (κ1) is 21.3. The molecule has 1 atom stereocenters. The Labute approximate surface area is 204 Å². The van der Waals surface area contributed by atoms with Crippen molar-refractivity contribution in [2.75, 3.05) is 18.6 Å². The number of benzene rings is 1. The summed E-state index contributed by atoms with van der Waals surface area (Å²) in [4.78, 5) is 11.9. The van der Waals surface area contributed by atoms with E-state index in [0.717, 1.165) is 60.9 Å². The Hall–Kier alpha value is -3.02. The predicted octanol–water partition coefficient (Wildman–Crippen LogP) is 3.65. The molecule has 2 saturated heterocycles. The van der Waals surface area contributed by atoms with Crippen molar-refractivity contribution >= 4 is 16.7 Å². The summed E-state index contributed by atoms with van der Waals surface area (Å²) in [7, 11) is 1.64. The molecule has 0 radical (unpaired) electrons. The van der Waals surface area contributed by atoms with Gasteiger partial charge in [0.25, 0.3) is 0 Å². The van der Waals surface area contributed by atoms with Gasteiger partial charge < -0.3 is 14.7 Å². The maximum atomic E-state index is 10.8. The van der Waals surface area contributed by atoms with Crippen LogP contribution >= 0.6 is 0 Å². The van der Waals surface area contributed by atoms with Crippen LogP contribution in [0.15, 0.2) is 30.5 Å². The molecule has 2 bridgehead atoms. The van der Waals surface area contributed by atoms with Crippen molar-refractivity contribution in [1.29, 1.82) is 5.26 Å². The van der Waals surface area contributed by atoms with Crippen LogP contribution in [0.4, 0.5) is 5.82 Å². The number of aliphatic hydroxyl groups is 1. The van der Waals surface area contributed by atoms with Gasteiger partial charge in [0, 0.05) is 36.6 Å². The molecule has 5 fully saturated rings. The van der Waals surface area contributed by atoms with E-state index in [0.29, 0.717) is 24.3 Å². The second-order valence-electron chi connectivity index (χ2n) is 11.8. The summed E-state index contributed by atoms with van der Waals surface area (Å²) >= 11 is 0. The van der Waals surface area contributed by atoms with Gasteiger partial charge in [-0.2, -0.15) is 10.4 Å². The topological polar surface area (TPSA) is 100 Å². The summed E-state index contributed by atoms with van der Waals surface area (Å²) in [6.45, 7) is 4.92. The molecule has 5 aliphatic rings. The third kappa shape index (κ3) is 2.77. The van der Waals surface area contributed by atoms with Gasteiger partial charge in [0.2, 0.25) is 0 Å². The number of aromatic nitrogens is 4. The summed E-state index contributed by atoms with van der Waals surface area (Å²) in [6, 6.07) is 11.3. The van der Waals surface area contributed by atoms with Gasteiger partial charge in [-0.3, -0.25) is 0 Å². The lowest BCUT2D eigenvalue weighted by atomic mass is 9.61. The number of ether oxygens (including phenoxy) is 1. The molecule has 3 saturated carbocycles. The molecule has 0 unspecified atom stereocenters. The van der Waals surface area contributed by atoms with Crippen molar-refractivity contribution in [2.24, 2.45) is 10.8 Å². The maximum absolute atomic E-state index is 10.8. The molecule has 2 aromatic heterocycles. The van der Waals surface area contributed by atoms with E-state index < -0.39 is 5.60 Å². The van der Waals surface area contributed by atoms with Gasteiger partial charge in [0.1, 0.15) is 12.4 Å². The smallest absolute Gasteiger partial charge is 0.159 e. The van der Waals surface area contributed by atoms with E-state index in [-0.39, 0.29) is 16.2 Å². The van der Waals surface area contributed by atoms with Gasteiger partial charge in [-0.1, -0.05) is 12.1 Å². The van der Waals surface area contributed by atoms with Crippen LogP contribution in [0.25, 0.3) is 16.7 Å². The highest BCUT2D eigenvalue weighted by atomic mass is 16.5. The normalized spacial score (nSPS) is 29.9. The van der Waals surface area contributed by atoms with E-state index in [1.54, 1.807) is 7.11 Å². The number of hydrogen-bond donors (Lipinski definition) is 1. The lowest BCUT2D eigenvalue weighted by molar-refractivity contribution is -0.0754. The SMILES string of the molecule is COCc1nc(N2CC3(C(C)(C)O)CC2C3)cc(-n2ncc3ccc([C@]4(C#N)CC45CC5)cc32)n1. The van der Waals surface area contributed by atoms with Crippen LogP contribution in [0.3, 0.4) is 0 Å². The van der Waals surface area contributed by atoms with Crippen molar-refractivity contribution in [1.82, 2.24) is 19.7 Å². The zero-order chi connectivity index (χ0) is 24.2. The van der Waals surface area contributed by atoms with Crippen molar-refractivity contribution in [3.8, 4) is 11.9 Å². The highest BCUT2D eigenvalue weighted by Gasteiger charge is 2.75. The predicted molar refractivity (Wildman–Crippen MR) is 130 cm³/mol. The van der Waals surface area contributed by atoms with E-state index in [9.17, 15) is 10.4 Å². The molecule has 35 heavy (non-hydrogen) atoms. The molecule has 8 nitrogen and oxygen atoms in total. The van der Waals surface area contributed by atoms with E-state index in [2.05, 4.69) is 34.3 Å². The average molecular weight is 471 g/mol. The van der Waals surface area contributed by atoms with Gasteiger partial charge in [-0.15, -0.1) is 0 Å². The van der Waals surface area contributed by atoms with Crippen LogP contribution in [-0.4, -0.2) is 50.2 Å². The Balaban J connectivity index is 1.30. The number of hydrogen-bond acceptors (Lipinski definition) is 7. The first-order chi connectivity index (χ1) is 16.7. The first-order valence-electron chi connectivity index (χ1n) is 12.5. The molecule has 1 aromatic carbocycles. The molecular weight excluding hydrogens is 440 g/mol. The number of anilines is 1. The molecule has 3 aromatic rings. The first-order valence-corrected chi connectivity index (χ1v) is 12.5. The molecule has 0 amide bonds. The van der Waals surface area contributed by atoms with E-state index >= 15 is 0 Å². The number of nitrogens with zero attached hydrogens (tertiary/aromatic N) is 6. The number of nitriles is 1. The average Bonchev–Trinajstić information content (AvgIpc) is 3.49. The van der Waals surface area contributed by atoms with Crippen LogP contribution in [0.2, 0.25) is 0 Å². The molecular formula is C27H30N6O2. The summed E-state index contributed by atoms with van der Waals surface area (Å²) in [5, 5.41) is 26.5. The van der Waals surface area contributed by atoms with Gasteiger partial charge in [-0.25, -0.2) is 14.6 Å². The summed E-state index contributed by atoms with van der Waals surface area (Å²) in [6.07, 6.45) is 7.06. The molecule has 2 aliphatic heterocycles. The summed E-state index contributed by atoms with van der Waals surface area (Å²) in [5.41, 5.74) is 1.08. The Bertz CT molecular complexity index is 1410. The van der Waals surface area contributed by atoms with E-state index in [1.165, 1.54) is 0 Å². The second kappa shape index (κ2) is 6.59. The third-order valence-electron chi connectivity index (χ3n) is 9.49. The van der Waals surface area contributed by atoms with Crippen LogP contribution < -0.4 is 4.90 Å². The monoisotopic (exact) mass is 470 g/mol. The standard InChI is InChI=1S/C27H30N6O2/c1-24(2,34)26-10-19(11-26)32(16-26)22-9-23(31-21(30-22)13-35-3)33-20-8-18(5-4-17(20)12-29-33)27(15-28)14-25(27)6-7-25/h4-5,8-9,12,19,34H,6-7,10-11,13-14,16H2,1-3H3/t19?,26?,27-/m1/s1. The van der Waals surface area contributed by atoms with Crippen LogP contribution in [-0.2, 0) is 16.8 Å². The molecule has 8 heteroatoms. The van der Waals surface area contributed by atoms with E-state index in [4.69, 9.17) is 14.7 Å². The molecule has 8 rings (SSSR count). The molecule has 180 valence electrons. The van der Waals surface area contributed by atoms with Crippen molar-refractivity contribution < 1.29 is 9.84 Å². The Morgan fingerprint density at radius 3 is 2.60 bits per heavy atom. The van der Waals surface area contributed by atoms with Crippen LogP contribution in [0.5, 0.6) is 0 Å². The van der Waals surface area contributed by atoms with Gasteiger partial charge >= 0.3 is 0 Å². The maximum Gasteiger partial charge on any atom is 0.159 e. The fraction of sp³-hybridized carbons (Fsp3) is 0.556. The largest absolute Gasteiger partial charge is 0.390 e. The molecule has 1 N–H and O–H groups in total. The molecule has 1 spiro atoms. The highest BCUT2D eigenvalue weighted by Crippen LogP contribution is 2.78. The minimum atomic E-state index is -0.726. The fourth-order valence-electron chi connectivity index (χ4n) is 6.84. The number of rotatable bonds is 6. The Kier molecular flexibility index (Phi) is 4.01. The Morgan fingerprint density at radius 2 is 1.97 bits per heavy atom. The molecule has 3 aliphatic carbocycles. The van der Waals surface area contributed by atoms with Crippen LogP contribution in [0, 0.1) is 22.2 Å². The van der Waals surface area contributed by atoms with E-state index in [1.807, 2.05) is 30.8 Å². The van der Waals surface area contributed by atoms with Gasteiger partial charge in [-0.05, 0) is 63.0 Å². The number of fused-ring (bicyclic) bond motifs is 2. The number of methoxy groups -OCH3 is 1. The summed E-state index contributed by atoms with van der Waals surface area (Å²) < 4.78 is 7.25. The Morgan fingerprint density at radius 1 is 1.20 bits per heavy atom. The van der Waals surface area contributed by atoms with Crippen molar-refractivity contribution in [3.05, 3.63) is 41.9 Å². The summed E-state index contributed by atoms with van der Waals surface area (Å²) in [5.74, 6) is 2.15. The van der Waals surface area contributed by atoms with Crippen molar-refractivity contribution in [2.45, 2.75) is 69.6 Å². The van der Waals surface area contributed by atoms with Crippen LogP contribution in [0.1, 0.15) is 57.3 Å². The lowest BCUT2D eigenvalue weighted by Gasteiger charge is -2.45. The second-order valence-corrected chi connectivity index (χ2v) is 11.8. The van der Waals surface area contributed by atoms with Gasteiger partial charge in [0.05, 0.1) is 28.8 Å². The zero-order valence-corrected chi connectivity index (χ0v) is 20.5. The minimum Gasteiger partial charge on any atom is -0.390 e. The van der Waals surface area contributed by atoms with Gasteiger partial charge in [0.15, 0.2) is 11.6 Å². The highest BCUT2D eigenvalue weighted by molar-refractivity contribution is 5.82. The molecule has 4 heterocycles. The lowest BCUT2D eigenvalue weighted by Crippen LogP contribution is -2.50. The fourth-order valence-corrected chi connectivity index (χ4v) is 6.84. The van der Waals surface area contributed by atoms with Crippen molar-refractivity contribution in [3.63, 3.8) is 0 Å². The minimum absolute atomic E-state index is 0.0911. The quantitative estimate of drug-likeness (QED) is 0.587. The third-order valence-corrected chi connectivity index (χ3v) is 9.49.